The molecule has 1 aliphatic rings. The number of nitro benzene ring substituents is 1. The standard InChI is InChI=1S/C15H17ClN4O4S/c1-3-8(2)17-15-19-14(22)12(25-15)7-13(21)18-11-6-9(20(23)24)4-5-10(11)16/h4-6,8,12H,3,7H2,1-2H3,(H,18,21)(H,17,19,22). The van der Waals surface area contributed by atoms with E-state index in [-0.39, 0.29) is 34.8 Å². The monoisotopic (exact) mass is 384 g/mol. The molecule has 0 radical (unpaired) electrons. The van der Waals surface area contributed by atoms with E-state index in [1.54, 1.807) is 0 Å². The maximum absolute atomic E-state index is 12.2. The highest BCUT2D eigenvalue weighted by Gasteiger charge is 2.32. The molecule has 2 rings (SSSR count). The highest BCUT2D eigenvalue weighted by atomic mass is 35.5. The topological polar surface area (TPSA) is 114 Å². The van der Waals surface area contributed by atoms with Gasteiger partial charge in [-0.15, -0.1) is 0 Å². The summed E-state index contributed by atoms with van der Waals surface area (Å²) in [5, 5.41) is 16.1. The molecule has 2 N–H and O–H groups in total. The predicted octanol–water partition coefficient (Wildman–Crippen LogP) is 2.96. The number of benzene rings is 1. The first kappa shape index (κ1) is 19.2. The summed E-state index contributed by atoms with van der Waals surface area (Å²) >= 11 is 7.15. The number of amidine groups is 1. The van der Waals surface area contributed by atoms with Crippen molar-refractivity contribution in [1.29, 1.82) is 0 Å². The van der Waals surface area contributed by atoms with Gasteiger partial charge in [-0.05, 0) is 19.4 Å². The Labute approximate surface area is 153 Å². The van der Waals surface area contributed by atoms with E-state index < -0.39 is 16.1 Å². The van der Waals surface area contributed by atoms with Crippen LogP contribution in [0.2, 0.25) is 5.02 Å². The van der Waals surface area contributed by atoms with Crippen molar-refractivity contribution in [2.75, 3.05) is 5.32 Å². The normalized spacial score (nSPS) is 19.6. The lowest BCUT2D eigenvalue weighted by atomic mass is 10.2. The van der Waals surface area contributed by atoms with Crippen LogP contribution in [0.15, 0.2) is 23.2 Å². The first-order valence-corrected chi connectivity index (χ1v) is 8.85. The van der Waals surface area contributed by atoms with E-state index in [2.05, 4.69) is 15.6 Å². The quantitative estimate of drug-likeness (QED) is 0.578. The molecule has 2 amide bonds. The number of amides is 2. The fourth-order valence-electron chi connectivity index (χ4n) is 1.98. The van der Waals surface area contributed by atoms with Crippen LogP contribution in [0.3, 0.4) is 0 Å². The molecule has 134 valence electrons. The zero-order valence-corrected chi connectivity index (χ0v) is 15.2. The Bertz CT molecular complexity index is 740. The zero-order valence-electron chi connectivity index (χ0n) is 13.6. The van der Waals surface area contributed by atoms with Crippen LogP contribution in [0, 0.1) is 10.1 Å². The molecule has 1 aromatic rings. The third-order valence-corrected chi connectivity index (χ3v) is 4.94. The van der Waals surface area contributed by atoms with Crippen molar-refractivity contribution < 1.29 is 14.5 Å². The van der Waals surface area contributed by atoms with Gasteiger partial charge in [-0.2, -0.15) is 0 Å². The summed E-state index contributed by atoms with van der Waals surface area (Å²) in [5.41, 5.74) is -0.0478. The molecule has 1 saturated heterocycles. The number of aliphatic imine (C=N–C) groups is 1. The Morgan fingerprint density at radius 3 is 2.92 bits per heavy atom. The van der Waals surface area contributed by atoms with Gasteiger partial charge in [0.1, 0.15) is 5.25 Å². The molecule has 10 heteroatoms. The third-order valence-electron chi connectivity index (χ3n) is 3.51. The van der Waals surface area contributed by atoms with E-state index in [9.17, 15) is 19.7 Å². The summed E-state index contributed by atoms with van der Waals surface area (Å²) in [5.74, 6) is -0.743. The fraction of sp³-hybridized carbons (Fsp3) is 0.400. The maximum Gasteiger partial charge on any atom is 0.271 e. The van der Waals surface area contributed by atoms with Crippen LogP contribution in [0.1, 0.15) is 26.7 Å². The van der Waals surface area contributed by atoms with Gasteiger partial charge >= 0.3 is 0 Å². The van der Waals surface area contributed by atoms with Gasteiger partial charge in [0.15, 0.2) is 5.17 Å². The van der Waals surface area contributed by atoms with Gasteiger partial charge in [-0.1, -0.05) is 30.3 Å². The Balaban J connectivity index is 2.01. The smallest absolute Gasteiger partial charge is 0.271 e. The first-order chi connectivity index (χ1) is 11.8. The molecule has 0 aliphatic carbocycles. The van der Waals surface area contributed by atoms with Crippen LogP contribution >= 0.6 is 23.4 Å². The number of nitrogens with zero attached hydrogens (tertiary/aromatic N) is 2. The minimum absolute atomic E-state index is 0.0825. The molecular formula is C15H17ClN4O4S. The summed E-state index contributed by atoms with van der Waals surface area (Å²) in [6.45, 7) is 3.92. The van der Waals surface area contributed by atoms with Crippen molar-refractivity contribution in [3.63, 3.8) is 0 Å². The van der Waals surface area contributed by atoms with Crippen molar-refractivity contribution in [2.45, 2.75) is 38.0 Å². The molecule has 1 aliphatic heterocycles. The van der Waals surface area contributed by atoms with E-state index in [4.69, 9.17) is 11.6 Å². The van der Waals surface area contributed by atoms with Crippen LogP contribution in [-0.2, 0) is 9.59 Å². The molecule has 25 heavy (non-hydrogen) atoms. The van der Waals surface area contributed by atoms with Gasteiger partial charge in [0.2, 0.25) is 11.8 Å². The van der Waals surface area contributed by atoms with Gasteiger partial charge < -0.3 is 10.6 Å². The molecule has 1 fully saturated rings. The van der Waals surface area contributed by atoms with E-state index in [1.807, 2.05) is 13.8 Å². The highest BCUT2D eigenvalue weighted by molar-refractivity contribution is 8.15. The number of nitrogens with one attached hydrogen (secondary N) is 2. The van der Waals surface area contributed by atoms with Gasteiger partial charge in [0, 0.05) is 24.6 Å². The number of halogens is 1. The van der Waals surface area contributed by atoms with Crippen molar-refractivity contribution in [2.24, 2.45) is 4.99 Å². The fourth-order valence-corrected chi connectivity index (χ4v) is 3.22. The van der Waals surface area contributed by atoms with Crippen LogP contribution in [0.5, 0.6) is 0 Å². The van der Waals surface area contributed by atoms with Gasteiger partial charge in [0.25, 0.3) is 5.69 Å². The van der Waals surface area contributed by atoms with Crippen LogP contribution in [-0.4, -0.2) is 33.2 Å². The molecule has 0 bridgehead atoms. The molecule has 2 unspecified atom stereocenters. The van der Waals surface area contributed by atoms with Crippen LogP contribution in [0.25, 0.3) is 0 Å². The molecule has 2 atom stereocenters. The van der Waals surface area contributed by atoms with Crippen molar-refractivity contribution in [3.05, 3.63) is 33.3 Å². The van der Waals surface area contributed by atoms with Crippen molar-refractivity contribution in [1.82, 2.24) is 5.32 Å². The average Bonchev–Trinajstić information content (AvgIpc) is 2.88. The van der Waals surface area contributed by atoms with Gasteiger partial charge in [-0.3, -0.25) is 24.7 Å². The van der Waals surface area contributed by atoms with E-state index in [0.717, 1.165) is 6.42 Å². The number of carbonyl (C=O) groups is 2. The van der Waals surface area contributed by atoms with E-state index in [0.29, 0.717) is 5.17 Å². The molecular weight excluding hydrogens is 368 g/mol. The SMILES string of the molecule is CCC(C)N=C1NC(=O)C(CC(=O)Nc2cc([N+](=O)[O-])ccc2Cl)S1. The summed E-state index contributed by atoms with van der Waals surface area (Å²) in [6.07, 6.45) is 0.755. The van der Waals surface area contributed by atoms with Crippen LogP contribution < -0.4 is 10.6 Å². The number of anilines is 1. The molecule has 1 heterocycles. The van der Waals surface area contributed by atoms with E-state index >= 15 is 0 Å². The second kappa shape index (κ2) is 8.30. The number of carbonyl (C=O) groups excluding carboxylic acids is 2. The zero-order chi connectivity index (χ0) is 18.6. The summed E-state index contributed by atoms with van der Waals surface area (Å²) in [6, 6.07) is 3.84. The third kappa shape index (κ3) is 5.17. The minimum Gasteiger partial charge on any atom is -0.325 e. The lowest BCUT2D eigenvalue weighted by molar-refractivity contribution is -0.384. The van der Waals surface area contributed by atoms with E-state index in [1.165, 1.54) is 30.0 Å². The second-order valence-electron chi connectivity index (χ2n) is 5.46. The number of thioether (sulfide) groups is 1. The average molecular weight is 385 g/mol. The number of nitro groups is 1. The van der Waals surface area contributed by atoms with Crippen molar-refractivity contribution >= 4 is 51.7 Å². The predicted molar refractivity (Wildman–Crippen MR) is 98.1 cm³/mol. The molecule has 0 spiro atoms. The lowest BCUT2D eigenvalue weighted by Crippen LogP contribution is -2.28. The minimum atomic E-state index is -0.597. The molecule has 0 saturated carbocycles. The number of hydrogen-bond acceptors (Lipinski definition) is 6. The Morgan fingerprint density at radius 2 is 2.28 bits per heavy atom. The maximum atomic E-state index is 12.2. The number of non-ortho nitro benzene ring substituents is 1. The largest absolute Gasteiger partial charge is 0.325 e. The highest BCUT2D eigenvalue weighted by Crippen LogP contribution is 2.28. The van der Waals surface area contributed by atoms with Gasteiger partial charge in [-0.25, -0.2) is 0 Å². The molecule has 1 aromatic carbocycles. The summed E-state index contributed by atoms with van der Waals surface area (Å²) in [4.78, 5) is 38.7. The van der Waals surface area contributed by atoms with Crippen molar-refractivity contribution in [3.8, 4) is 0 Å². The Morgan fingerprint density at radius 1 is 1.56 bits per heavy atom. The number of hydrogen-bond donors (Lipinski definition) is 2. The second-order valence-corrected chi connectivity index (χ2v) is 7.06. The summed E-state index contributed by atoms with van der Waals surface area (Å²) in [7, 11) is 0. The molecule has 8 nitrogen and oxygen atoms in total. The van der Waals surface area contributed by atoms with Crippen LogP contribution in [0.4, 0.5) is 11.4 Å². The first-order valence-electron chi connectivity index (χ1n) is 7.59. The van der Waals surface area contributed by atoms with Gasteiger partial charge in [0.05, 0.1) is 15.6 Å². The number of rotatable bonds is 6. The molecule has 0 aromatic heterocycles. The lowest BCUT2D eigenvalue weighted by Gasteiger charge is -2.09. The Hall–Kier alpha value is -2.13. The Kier molecular flexibility index (Phi) is 6.38. The summed E-state index contributed by atoms with van der Waals surface area (Å²) < 4.78 is 0.